The van der Waals surface area contributed by atoms with E-state index >= 15 is 0 Å². The number of carbonyl (C=O) groups excluding carboxylic acids is 1. The first kappa shape index (κ1) is 20.3. The van der Waals surface area contributed by atoms with Gasteiger partial charge >= 0.3 is 0 Å². The summed E-state index contributed by atoms with van der Waals surface area (Å²) in [5, 5.41) is 3.42. The monoisotopic (exact) mass is 401 g/mol. The van der Waals surface area contributed by atoms with Crippen molar-refractivity contribution in [3.63, 3.8) is 0 Å². The van der Waals surface area contributed by atoms with Crippen LogP contribution in [0.5, 0.6) is 0 Å². The fourth-order valence-electron chi connectivity index (χ4n) is 3.14. The summed E-state index contributed by atoms with van der Waals surface area (Å²) < 4.78 is 24.0. The molecule has 1 aliphatic rings. The molecule has 0 saturated carbocycles. The zero-order valence-electron chi connectivity index (χ0n) is 16.8. The molecule has 1 unspecified atom stereocenters. The number of amides is 1. The summed E-state index contributed by atoms with van der Waals surface area (Å²) in [6, 6.07) is 11.2. The molecule has 1 N–H and O–H groups in total. The van der Waals surface area contributed by atoms with Crippen molar-refractivity contribution in [1.29, 1.82) is 0 Å². The molecule has 1 aromatic carbocycles. The van der Waals surface area contributed by atoms with Crippen LogP contribution in [0.4, 0.5) is 11.4 Å². The third-order valence-corrected chi connectivity index (χ3v) is 7.38. The third kappa shape index (κ3) is 4.04. The molecule has 1 atom stereocenters. The number of pyridine rings is 1. The van der Waals surface area contributed by atoms with E-state index in [0.29, 0.717) is 6.42 Å². The van der Waals surface area contributed by atoms with Crippen LogP contribution in [0, 0.1) is 0 Å². The molecule has 7 heteroatoms. The van der Waals surface area contributed by atoms with E-state index in [1.807, 2.05) is 36.1 Å². The summed E-state index contributed by atoms with van der Waals surface area (Å²) in [4.78, 5) is 17.8. The van der Waals surface area contributed by atoms with Crippen LogP contribution >= 0.6 is 0 Å². The number of anilines is 2. The molecule has 6 nitrogen and oxygen atoms in total. The van der Waals surface area contributed by atoms with Gasteiger partial charge in [-0.15, -0.1) is 0 Å². The van der Waals surface area contributed by atoms with Gasteiger partial charge in [0, 0.05) is 24.7 Å². The maximum absolute atomic E-state index is 12.5. The Kier molecular flexibility index (Phi) is 5.48. The van der Waals surface area contributed by atoms with Crippen LogP contribution in [0.3, 0.4) is 0 Å². The first-order valence-corrected chi connectivity index (χ1v) is 11.0. The number of benzene rings is 1. The number of rotatable bonds is 5. The maximum Gasteiger partial charge on any atom is 0.227 e. The first-order valence-electron chi connectivity index (χ1n) is 9.47. The van der Waals surface area contributed by atoms with Crippen LogP contribution in [0.15, 0.2) is 47.6 Å². The Morgan fingerprint density at radius 2 is 1.79 bits per heavy atom. The smallest absolute Gasteiger partial charge is 0.227 e. The van der Waals surface area contributed by atoms with Crippen LogP contribution in [-0.2, 0) is 14.6 Å². The second-order valence-corrected chi connectivity index (χ2v) is 10.8. The molecule has 0 aliphatic carbocycles. The Morgan fingerprint density at radius 1 is 1.11 bits per heavy atom. The maximum atomic E-state index is 12.5. The summed E-state index contributed by atoms with van der Waals surface area (Å²) >= 11 is 0. The molecule has 0 bridgehead atoms. The minimum absolute atomic E-state index is 0.00945. The predicted molar refractivity (Wildman–Crippen MR) is 111 cm³/mol. The molecular weight excluding hydrogens is 374 g/mol. The van der Waals surface area contributed by atoms with Gasteiger partial charge in [0.05, 0.1) is 16.6 Å². The Bertz CT molecular complexity index is 946. The molecule has 1 amide bonds. The van der Waals surface area contributed by atoms with Crippen molar-refractivity contribution < 1.29 is 13.2 Å². The predicted octanol–water partition coefficient (Wildman–Crippen LogP) is 3.95. The Balaban J connectivity index is 1.69. The Morgan fingerprint density at radius 3 is 2.29 bits per heavy atom. The van der Waals surface area contributed by atoms with E-state index in [1.54, 1.807) is 33.0 Å². The van der Waals surface area contributed by atoms with E-state index in [4.69, 9.17) is 0 Å². The number of carbonyl (C=O) groups is 1. The molecule has 0 spiro atoms. The highest BCUT2D eigenvalue weighted by Gasteiger charge is 2.32. The van der Waals surface area contributed by atoms with Crippen molar-refractivity contribution in [1.82, 2.24) is 4.98 Å². The van der Waals surface area contributed by atoms with Crippen molar-refractivity contribution in [2.45, 2.75) is 56.4 Å². The van der Waals surface area contributed by atoms with E-state index in [1.165, 1.54) is 6.07 Å². The molecule has 150 valence electrons. The molecule has 3 rings (SSSR count). The van der Waals surface area contributed by atoms with Gasteiger partial charge in [-0.1, -0.05) is 12.1 Å². The van der Waals surface area contributed by atoms with E-state index in [0.717, 1.165) is 29.9 Å². The van der Waals surface area contributed by atoms with Crippen LogP contribution in [0.25, 0.3) is 0 Å². The third-order valence-electron chi connectivity index (χ3n) is 4.98. The van der Waals surface area contributed by atoms with Crippen LogP contribution in [0.1, 0.15) is 52.1 Å². The number of hydrogen-bond donors (Lipinski definition) is 1. The van der Waals surface area contributed by atoms with Crippen molar-refractivity contribution >= 4 is 27.1 Å². The summed E-state index contributed by atoms with van der Waals surface area (Å²) in [7, 11) is -3.46. The quantitative estimate of drug-likeness (QED) is 0.820. The number of hydrogen-bond acceptors (Lipinski definition) is 5. The van der Waals surface area contributed by atoms with E-state index in [9.17, 15) is 13.2 Å². The topological polar surface area (TPSA) is 79.4 Å². The Labute approximate surface area is 166 Å². The average molecular weight is 402 g/mol. The standard InChI is InChI=1S/C21H27N3O3S/c1-15(16-7-10-18(11-8-16)24-13-5-6-20(24)25)23-17-9-12-19(22-14-17)28(26,27)21(2,3)4/h7-12,14-15,23H,5-6,13H2,1-4H3. The molecule has 28 heavy (non-hydrogen) atoms. The lowest BCUT2D eigenvalue weighted by Gasteiger charge is -2.20. The normalized spacial score (nSPS) is 16.3. The first-order chi connectivity index (χ1) is 13.1. The Hall–Kier alpha value is -2.41. The van der Waals surface area contributed by atoms with E-state index in [-0.39, 0.29) is 17.0 Å². The highest BCUT2D eigenvalue weighted by atomic mass is 32.2. The molecular formula is C21H27N3O3S. The van der Waals surface area contributed by atoms with Crippen LogP contribution in [-0.4, -0.2) is 30.6 Å². The zero-order valence-corrected chi connectivity index (χ0v) is 17.6. The number of sulfone groups is 1. The highest BCUT2D eigenvalue weighted by molar-refractivity contribution is 7.92. The van der Waals surface area contributed by atoms with Crippen molar-refractivity contribution in [3.8, 4) is 0 Å². The lowest BCUT2D eigenvalue weighted by Crippen LogP contribution is -2.28. The summed E-state index contributed by atoms with van der Waals surface area (Å²) in [5.41, 5.74) is 2.75. The molecule has 2 aromatic rings. The van der Waals surface area contributed by atoms with Gasteiger partial charge in [-0.2, -0.15) is 0 Å². The zero-order chi connectivity index (χ0) is 20.5. The molecule has 0 radical (unpaired) electrons. The van der Waals surface area contributed by atoms with Gasteiger partial charge in [0.2, 0.25) is 5.91 Å². The van der Waals surface area contributed by atoms with Gasteiger partial charge < -0.3 is 10.2 Å². The minimum Gasteiger partial charge on any atom is -0.377 e. The lowest BCUT2D eigenvalue weighted by molar-refractivity contribution is -0.117. The largest absolute Gasteiger partial charge is 0.377 e. The van der Waals surface area contributed by atoms with Crippen LogP contribution < -0.4 is 10.2 Å². The van der Waals surface area contributed by atoms with Crippen molar-refractivity contribution in [2.24, 2.45) is 0 Å². The second-order valence-electron chi connectivity index (χ2n) is 8.11. The number of nitrogens with one attached hydrogen (secondary N) is 1. The average Bonchev–Trinajstić information content (AvgIpc) is 3.07. The van der Waals surface area contributed by atoms with Crippen LogP contribution in [0.2, 0.25) is 0 Å². The lowest BCUT2D eigenvalue weighted by atomic mass is 10.1. The number of nitrogens with zero attached hydrogens (tertiary/aromatic N) is 2. The van der Waals surface area contributed by atoms with E-state index in [2.05, 4.69) is 10.3 Å². The van der Waals surface area contributed by atoms with Gasteiger partial charge in [-0.05, 0) is 63.9 Å². The highest BCUT2D eigenvalue weighted by Crippen LogP contribution is 2.27. The van der Waals surface area contributed by atoms with E-state index < -0.39 is 14.6 Å². The summed E-state index contributed by atoms with van der Waals surface area (Å²) in [6.45, 7) is 7.80. The number of aromatic nitrogens is 1. The minimum atomic E-state index is -3.46. The van der Waals surface area contributed by atoms with Gasteiger partial charge in [0.25, 0.3) is 0 Å². The van der Waals surface area contributed by atoms with Crippen molar-refractivity contribution in [3.05, 3.63) is 48.2 Å². The summed E-state index contributed by atoms with van der Waals surface area (Å²) in [6.07, 6.45) is 3.08. The van der Waals surface area contributed by atoms with Gasteiger partial charge in [-0.25, -0.2) is 13.4 Å². The molecule has 1 fully saturated rings. The van der Waals surface area contributed by atoms with Gasteiger partial charge in [-0.3, -0.25) is 4.79 Å². The fourth-order valence-corrected chi connectivity index (χ4v) is 4.20. The fraction of sp³-hybridized carbons (Fsp3) is 0.429. The van der Waals surface area contributed by atoms with Gasteiger partial charge in [0.1, 0.15) is 0 Å². The van der Waals surface area contributed by atoms with Gasteiger partial charge in [0.15, 0.2) is 14.9 Å². The molecule has 2 heterocycles. The molecule has 1 aliphatic heterocycles. The SMILES string of the molecule is CC(Nc1ccc(S(=O)(=O)C(C)(C)C)nc1)c1ccc(N2CCCC2=O)cc1. The van der Waals surface area contributed by atoms with Crippen molar-refractivity contribution in [2.75, 3.05) is 16.8 Å². The summed E-state index contributed by atoms with van der Waals surface area (Å²) in [5.74, 6) is 0.176. The second kappa shape index (κ2) is 7.54. The molecule has 1 saturated heterocycles. The molecule has 1 aromatic heterocycles.